The molecule has 0 radical (unpaired) electrons. The van der Waals surface area contributed by atoms with Crippen molar-refractivity contribution in [3.63, 3.8) is 0 Å². The smallest absolute Gasteiger partial charge is 0.253 e. The molecule has 0 spiro atoms. The van der Waals surface area contributed by atoms with Gasteiger partial charge in [0.1, 0.15) is 5.01 Å². The number of nitrogens with zero attached hydrogens (tertiary/aromatic N) is 2. The van der Waals surface area contributed by atoms with Gasteiger partial charge in [0.15, 0.2) is 0 Å². The van der Waals surface area contributed by atoms with Crippen LogP contribution in [0.4, 0.5) is 5.13 Å². The Morgan fingerprint density at radius 2 is 1.68 bits per heavy atom. The molecular weight excluding hydrogens is 330 g/mol. The van der Waals surface area contributed by atoms with Crippen LogP contribution in [0.3, 0.4) is 0 Å². The molecule has 0 aliphatic heterocycles. The van der Waals surface area contributed by atoms with Crippen LogP contribution < -0.4 is 5.32 Å². The zero-order valence-electron chi connectivity index (χ0n) is 14.0. The molecule has 0 aliphatic rings. The first-order chi connectivity index (χ1) is 12.2. The number of aromatic nitrogens is 2. The van der Waals surface area contributed by atoms with Crippen molar-refractivity contribution in [2.24, 2.45) is 0 Å². The van der Waals surface area contributed by atoms with E-state index < -0.39 is 0 Å². The second-order valence-corrected chi connectivity index (χ2v) is 6.74. The Balaban J connectivity index is 1.57. The van der Waals surface area contributed by atoms with Crippen LogP contribution in [0.2, 0.25) is 0 Å². The van der Waals surface area contributed by atoms with Crippen LogP contribution in [0, 0.1) is 0 Å². The SMILES string of the molecule is C/C(=C\c1ccccc1)C(=O)Nc1nnc(CCc2ccccc2)s1. The number of carbonyl (C=O) groups excluding carboxylic acids is 1. The molecule has 4 nitrogen and oxygen atoms in total. The van der Waals surface area contributed by atoms with Crippen LogP contribution in [0.25, 0.3) is 6.08 Å². The van der Waals surface area contributed by atoms with Gasteiger partial charge in [0.25, 0.3) is 5.91 Å². The van der Waals surface area contributed by atoms with Gasteiger partial charge >= 0.3 is 0 Å². The molecule has 0 atom stereocenters. The van der Waals surface area contributed by atoms with Gasteiger partial charge < -0.3 is 0 Å². The van der Waals surface area contributed by atoms with Crippen molar-refractivity contribution in [1.82, 2.24) is 10.2 Å². The standard InChI is InChI=1S/C20H19N3OS/c1-15(14-17-10-6-3-7-11-17)19(24)21-20-23-22-18(25-20)13-12-16-8-4-2-5-9-16/h2-11,14H,12-13H2,1H3,(H,21,23,24)/b15-14+. The number of nitrogens with one attached hydrogen (secondary N) is 1. The second-order valence-electron chi connectivity index (χ2n) is 5.68. The summed E-state index contributed by atoms with van der Waals surface area (Å²) in [5, 5.41) is 12.5. The maximum absolute atomic E-state index is 12.3. The Kier molecular flexibility index (Phi) is 5.69. The van der Waals surface area contributed by atoms with Gasteiger partial charge in [-0.25, -0.2) is 0 Å². The van der Waals surface area contributed by atoms with Crippen LogP contribution >= 0.6 is 11.3 Å². The second kappa shape index (κ2) is 8.35. The highest BCUT2D eigenvalue weighted by atomic mass is 32.1. The lowest BCUT2D eigenvalue weighted by Gasteiger charge is -2.01. The van der Waals surface area contributed by atoms with Crippen molar-refractivity contribution in [1.29, 1.82) is 0 Å². The van der Waals surface area contributed by atoms with Crippen molar-refractivity contribution < 1.29 is 4.79 Å². The van der Waals surface area contributed by atoms with E-state index in [1.54, 1.807) is 6.92 Å². The first kappa shape index (κ1) is 17.0. The summed E-state index contributed by atoms with van der Waals surface area (Å²) < 4.78 is 0. The summed E-state index contributed by atoms with van der Waals surface area (Å²) in [5.41, 5.74) is 2.90. The van der Waals surface area contributed by atoms with Gasteiger partial charge in [0.05, 0.1) is 0 Å². The third kappa shape index (κ3) is 5.09. The molecule has 1 amide bonds. The van der Waals surface area contributed by atoms with Gasteiger partial charge in [0, 0.05) is 12.0 Å². The predicted molar refractivity (Wildman–Crippen MR) is 102 cm³/mol. The quantitative estimate of drug-likeness (QED) is 0.673. The fourth-order valence-electron chi connectivity index (χ4n) is 2.36. The van der Waals surface area contributed by atoms with Gasteiger partial charge in [-0.3, -0.25) is 10.1 Å². The van der Waals surface area contributed by atoms with Gasteiger partial charge in [0.2, 0.25) is 5.13 Å². The summed E-state index contributed by atoms with van der Waals surface area (Å²) in [6.45, 7) is 1.79. The summed E-state index contributed by atoms with van der Waals surface area (Å²) in [6, 6.07) is 20.0. The van der Waals surface area contributed by atoms with E-state index in [0.717, 1.165) is 23.4 Å². The number of benzene rings is 2. The van der Waals surface area contributed by atoms with Crippen LogP contribution in [0.5, 0.6) is 0 Å². The Labute approximate surface area is 151 Å². The van der Waals surface area contributed by atoms with Crippen LogP contribution in [0.15, 0.2) is 66.2 Å². The Morgan fingerprint density at radius 3 is 2.40 bits per heavy atom. The molecule has 3 aromatic rings. The largest absolute Gasteiger partial charge is 0.297 e. The molecule has 5 heteroatoms. The van der Waals surface area contributed by atoms with E-state index in [9.17, 15) is 4.79 Å². The lowest BCUT2D eigenvalue weighted by atomic mass is 10.1. The molecule has 0 bridgehead atoms. The van der Waals surface area contributed by atoms with E-state index in [-0.39, 0.29) is 5.91 Å². The first-order valence-corrected chi connectivity index (χ1v) is 8.93. The fraction of sp³-hybridized carbons (Fsp3) is 0.150. The van der Waals surface area contributed by atoms with Crippen LogP contribution in [-0.4, -0.2) is 16.1 Å². The summed E-state index contributed by atoms with van der Waals surface area (Å²) >= 11 is 1.42. The van der Waals surface area contributed by atoms with Gasteiger partial charge in [-0.15, -0.1) is 10.2 Å². The molecule has 0 saturated heterocycles. The predicted octanol–water partition coefficient (Wildman–Crippen LogP) is 4.37. The maximum Gasteiger partial charge on any atom is 0.253 e. The highest BCUT2D eigenvalue weighted by molar-refractivity contribution is 7.15. The molecule has 0 unspecified atom stereocenters. The van der Waals surface area contributed by atoms with Crippen molar-refractivity contribution in [3.05, 3.63) is 82.4 Å². The normalized spacial score (nSPS) is 11.3. The number of amides is 1. The lowest BCUT2D eigenvalue weighted by Crippen LogP contribution is -2.12. The Morgan fingerprint density at radius 1 is 1.00 bits per heavy atom. The van der Waals surface area contributed by atoms with E-state index in [1.807, 2.05) is 54.6 Å². The molecule has 25 heavy (non-hydrogen) atoms. The van der Waals surface area contributed by atoms with Crippen LogP contribution in [-0.2, 0) is 17.6 Å². The van der Waals surface area contributed by atoms with E-state index >= 15 is 0 Å². The minimum absolute atomic E-state index is 0.158. The van der Waals surface area contributed by atoms with E-state index in [2.05, 4.69) is 27.6 Å². The summed E-state index contributed by atoms with van der Waals surface area (Å²) in [6.07, 6.45) is 3.58. The van der Waals surface area contributed by atoms with E-state index in [0.29, 0.717) is 10.7 Å². The van der Waals surface area contributed by atoms with Gasteiger partial charge in [-0.2, -0.15) is 0 Å². The zero-order chi connectivity index (χ0) is 17.5. The minimum Gasteiger partial charge on any atom is -0.297 e. The molecule has 0 saturated carbocycles. The fourth-order valence-corrected chi connectivity index (χ4v) is 3.10. The van der Waals surface area contributed by atoms with E-state index in [1.165, 1.54) is 16.9 Å². The Bertz CT molecular complexity index is 857. The molecule has 1 heterocycles. The van der Waals surface area contributed by atoms with Crippen molar-refractivity contribution in [3.8, 4) is 0 Å². The molecule has 0 aliphatic carbocycles. The van der Waals surface area contributed by atoms with Gasteiger partial charge in [-0.05, 0) is 30.5 Å². The van der Waals surface area contributed by atoms with Crippen LogP contribution in [0.1, 0.15) is 23.1 Å². The molecule has 2 aromatic carbocycles. The number of rotatable bonds is 6. The number of hydrogen-bond donors (Lipinski definition) is 1. The molecule has 0 fully saturated rings. The van der Waals surface area contributed by atoms with Crippen molar-refractivity contribution >= 4 is 28.5 Å². The molecule has 1 N–H and O–H groups in total. The third-order valence-corrected chi connectivity index (χ3v) is 4.60. The monoisotopic (exact) mass is 349 g/mol. The number of hydrogen-bond acceptors (Lipinski definition) is 4. The average Bonchev–Trinajstić information content (AvgIpc) is 3.09. The van der Waals surface area contributed by atoms with Gasteiger partial charge in [-0.1, -0.05) is 72.0 Å². The zero-order valence-corrected chi connectivity index (χ0v) is 14.8. The topological polar surface area (TPSA) is 54.9 Å². The molecule has 126 valence electrons. The number of aryl methyl sites for hydroxylation is 2. The first-order valence-electron chi connectivity index (χ1n) is 8.12. The summed E-state index contributed by atoms with van der Waals surface area (Å²) in [5.74, 6) is -0.158. The highest BCUT2D eigenvalue weighted by Crippen LogP contribution is 2.18. The highest BCUT2D eigenvalue weighted by Gasteiger charge is 2.10. The van der Waals surface area contributed by atoms with Crippen molar-refractivity contribution in [2.75, 3.05) is 5.32 Å². The molecule has 3 rings (SSSR count). The number of carbonyl (C=O) groups is 1. The van der Waals surface area contributed by atoms with Crippen molar-refractivity contribution in [2.45, 2.75) is 19.8 Å². The summed E-state index contributed by atoms with van der Waals surface area (Å²) in [7, 11) is 0. The third-order valence-electron chi connectivity index (χ3n) is 3.70. The minimum atomic E-state index is -0.158. The maximum atomic E-state index is 12.3. The number of anilines is 1. The average molecular weight is 349 g/mol. The molecule has 1 aromatic heterocycles. The summed E-state index contributed by atoms with van der Waals surface area (Å²) in [4.78, 5) is 12.3. The lowest BCUT2D eigenvalue weighted by molar-refractivity contribution is -0.112. The molecular formula is C20H19N3OS. The van der Waals surface area contributed by atoms with E-state index in [4.69, 9.17) is 0 Å². The Hall–Kier alpha value is -2.79.